The summed E-state index contributed by atoms with van der Waals surface area (Å²) in [6.45, 7) is 2.48. The predicted octanol–water partition coefficient (Wildman–Crippen LogP) is 11.1. The average molecular weight is 918 g/mol. The minimum absolute atomic E-state index is 0.0350. The van der Waals surface area contributed by atoms with Crippen molar-refractivity contribution in [3.05, 3.63) is 35.9 Å². The molecule has 0 aliphatic heterocycles. The second kappa shape index (κ2) is 20.8. The van der Waals surface area contributed by atoms with Crippen molar-refractivity contribution in [2.24, 2.45) is 5.41 Å². The molecule has 1 aromatic carbocycles. The first-order valence-electron chi connectivity index (χ1n) is 18.8. The number of hydrogen-bond donors (Lipinski definition) is 1. The van der Waals surface area contributed by atoms with Gasteiger partial charge in [0, 0.05) is 36.8 Å². The second-order valence-corrected chi connectivity index (χ2v) is 15.2. The normalized spacial score (nSPS) is 17.9. The Morgan fingerprint density at radius 3 is 1.59 bits per heavy atom. The summed E-state index contributed by atoms with van der Waals surface area (Å²) in [7, 11) is 0. The Bertz CT molecular complexity index is 1530. The fourth-order valence-electron chi connectivity index (χ4n) is 5.54. The predicted molar refractivity (Wildman–Crippen MR) is 186 cm³/mol. The van der Waals surface area contributed by atoms with E-state index in [9.17, 15) is 79.8 Å². The summed E-state index contributed by atoms with van der Waals surface area (Å²) in [6.07, 6.45) is -11.1. The maximum atomic E-state index is 14.1. The smallest absolute Gasteiger partial charge is 0.377 e. The van der Waals surface area contributed by atoms with Gasteiger partial charge < -0.3 is 24.3 Å². The van der Waals surface area contributed by atoms with E-state index in [1.165, 1.54) is 36.4 Å². The molecule has 0 radical (unpaired) electrons. The highest BCUT2D eigenvalue weighted by atomic mass is 19.4. The molecule has 0 aromatic heterocycles. The molecule has 1 amide bonds. The number of benzene rings is 1. The summed E-state index contributed by atoms with van der Waals surface area (Å²) in [5, 5.41) is 3.03. The van der Waals surface area contributed by atoms with Crippen molar-refractivity contribution in [3.63, 3.8) is 0 Å². The van der Waals surface area contributed by atoms with Crippen molar-refractivity contribution >= 4 is 18.0 Å². The minimum atomic E-state index is -6.64. The number of carbonyl (C=O) groups excluding carboxylic acids is 2. The van der Waals surface area contributed by atoms with E-state index in [1.54, 1.807) is 0 Å². The van der Waals surface area contributed by atoms with E-state index in [1.807, 2.05) is 20.8 Å². The molecule has 1 saturated carbocycles. The number of esters is 1. The van der Waals surface area contributed by atoms with Crippen LogP contribution in [0.4, 0.5) is 70.2 Å². The van der Waals surface area contributed by atoms with Crippen molar-refractivity contribution in [3.8, 4) is 5.75 Å². The van der Waals surface area contributed by atoms with Gasteiger partial charge in [0.15, 0.2) is 5.79 Å². The lowest BCUT2D eigenvalue weighted by Gasteiger charge is -2.35. The number of amides is 1. The highest BCUT2D eigenvalue weighted by molar-refractivity contribution is 5.87. The first kappa shape index (κ1) is 53.6. The van der Waals surface area contributed by atoms with Crippen molar-refractivity contribution in [2.45, 2.75) is 152 Å². The molecule has 352 valence electrons. The summed E-state index contributed by atoms with van der Waals surface area (Å²) in [6, 6.07) is 5.75. The van der Waals surface area contributed by atoms with Gasteiger partial charge in [-0.3, -0.25) is 4.79 Å². The SMILES string of the molecule is CCC(C)(C)C(=O)NC1CCC(OC(=O)/C=C/c2ccc(OCCCC(C)(OCCC(F)(F)C(F)(F)C(F)(F)C(F)F)OCCC(F)(F)C(F)(F)C(F)(F)C(F)F)cc2)CC1. The molecule has 0 heterocycles. The van der Waals surface area contributed by atoms with E-state index in [-0.39, 0.29) is 36.8 Å². The minimum Gasteiger partial charge on any atom is -0.494 e. The Kier molecular flexibility index (Phi) is 18.3. The van der Waals surface area contributed by atoms with Crippen LogP contribution in [0.3, 0.4) is 0 Å². The molecule has 2 rings (SSSR count). The molecule has 1 aliphatic rings. The van der Waals surface area contributed by atoms with Crippen molar-refractivity contribution < 1.29 is 98.8 Å². The highest BCUT2D eigenvalue weighted by Crippen LogP contribution is 2.51. The summed E-state index contributed by atoms with van der Waals surface area (Å²) < 4.78 is 235. The van der Waals surface area contributed by atoms with Crippen molar-refractivity contribution in [1.82, 2.24) is 5.32 Å². The summed E-state index contributed by atoms with van der Waals surface area (Å²) >= 11 is 0. The van der Waals surface area contributed by atoms with Gasteiger partial charge in [0.1, 0.15) is 11.9 Å². The van der Waals surface area contributed by atoms with Crippen LogP contribution < -0.4 is 10.1 Å². The fraction of sp³-hybridized carbons (Fsp3) is 0.737. The molecule has 1 aromatic rings. The maximum Gasteiger partial charge on any atom is 0.377 e. The van der Waals surface area contributed by atoms with Gasteiger partial charge in [-0.1, -0.05) is 32.9 Å². The number of alkyl halides is 16. The fourth-order valence-corrected chi connectivity index (χ4v) is 5.54. The lowest BCUT2D eigenvalue weighted by atomic mass is 9.87. The van der Waals surface area contributed by atoms with Gasteiger partial charge >= 0.3 is 54.4 Å². The number of nitrogens with one attached hydrogen (secondary N) is 1. The van der Waals surface area contributed by atoms with E-state index in [2.05, 4.69) is 5.32 Å². The van der Waals surface area contributed by atoms with Gasteiger partial charge in [0.05, 0.1) is 19.8 Å². The quantitative estimate of drug-likeness (QED) is 0.0346. The molecular formula is C38H47F16NO6. The third-order valence-corrected chi connectivity index (χ3v) is 10.1. The summed E-state index contributed by atoms with van der Waals surface area (Å²) in [5.41, 5.74) is -0.0145. The Morgan fingerprint density at radius 1 is 0.705 bits per heavy atom. The number of halogens is 16. The molecule has 0 unspecified atom stereocenters. The molecule has 0 saturated heterocycles. The van der Waals surface area contributed by atoms with Crippen LogP contribution in [0.25, 0.3) is 6.08 Å². The second-order valence-electron chi connectivity index (χ2n) is 15.2. The number of rotatable bonds is 25. The van der Waals surface area contributed by atoms with Gasteiger partial charge in [-0.25, -0.2) is 22.4 Å². The number of hydrogen-bond acceptors (Lipinski definition) is 6. The van der Waals surface area contributed by atoms with E-state index < -0.39 is 98.0 Å². The first-order chi connectivity index (χ1) is 27.8. The van der Waals surface area contributed by atoms with Crippen molar-refractivity contribution in [1.29, 1.82) is 0 Å². The van der Waals surface area contributed by atoms with E-state index in [0.29, 0.717) is 44.6 Å². The zero-order valence-corrected chi connectivity index (χ0v) is 33.3. The third-order valence-electron chi connectivity index (χ3n) is 10.1. The van der Waals surface area contributed by atoms with Gasteiger partial charge in [0.2, 0.25) is 5.91 Å². The maximum absolute atomic E-state index is 14.1. The molecule has 1 fully saturated rings. The molecule has 7 nitrogen and oxygen atoms in total. The third kappa shape index (κ3) is 13.7. The van der Waals surface area contributed by atoms with Gasteiger partial charge in [0.25, 0.3) is 0 Å². The Balaban J connectivity index is 2.01. The molecule has 1 N–H and O–H groups in total. The Morgan fingerprint density at radius 2 is 1.16 bits per heavy atom. The van der Waals surface area contributed by atoms with Crippen LogP contribution in [-0.2, 0) is 23.8 Å². The van der Waals surface area contributed by atoms with Gasteiger partial charge in [-0.2, -0.15) is 52.7 Å². The molecule has 1 aliphatic carbocycles. The van der Waals surface area contributed by atoms with Crippen LogP contribution >= 0.6 is 0 Å². The van der Waals surface area contributed by atoms with Crippen LogP contribution in [0.15, 0.2) is 30.3 Å². The molecule has 23 heteroatoms. The average Bonchev–Trinajstić information content (AvgIpc) is 3.16. The van der Waals surface area contributed by atoms with Gasteiger partial charge in [-0.15, -0.1) is 0 Å². The van der Waals surface area contributed by atoms with Crippen LogP contribution in [0.2, 0.25) is 0 Å². The monoisotopic (exact) mass is 917 g/mol. The largest absolute Gasteiger partial charge is 0.494 e. The van der Waals surface area contributed by atoms with Crippen LogP contribution in [0, 0.1) is 5.41 Å². The zero-order valence-electron chi connectivity index (χ0n) is 33.3. The van der Waals surface area contributed by atoms with E-state index in [0.717, 1.165) is 0 Å². The lowest BCUT2D eigenvalue weighted by molar-refractivity contribution is -0.347. The number of carbonyl (C=O) groups is 2. The van der Waals surface area contributed by atoms with E-state index >= 15 is 0 Å². The molecule has 0 atom stereocenters. The lowest BCUT2D eigenvalue weighted by Crippen LogP contribution is -2.58. The molecule has 0 spiro atoms. The number of ether oxygens (including phenoxy) is 4. The van der Waals surface area contributed by atoms with Crippen LogP contribution in [-0.4, -0.2) is 98.0 Å². The van der Waals surface area contributed by atoms with Crippen LogP contribution in [0.5, 0.6) is 5.75 Å². The standard InChI is InChI=1S/C38H47F16NO6/c1-5-31(2,3)30(57)55-24-10-14-26(15-11-24)61-27(56)16-9-23-7-12-25(13-8-23)58-20-6-17-32(4,59-21-18-33(43,44)37(51,52)35(47,48)28(39)40)60-22-19-34(45,46)38(53,54)36(49,50)29(41)42/h7-9,12-13,16,24,26,28-29H,5-6,10-11,14-15,17-22H2,1-4H3,(H,55,57)/b16-9+. The summed E-state index contributed by atoms with van der Waals surface area (Å²) in [4.78, 5) is 24.8. The summed E-state index contributed by atoms with van der Waals surface area (Å²) in [5.74, 6) is -41.2. The highest BCUT2D eigenvalue weighted by Gasteiger charge is 2.76. The van der Waals surface area contributed by atoms with Crippen molar-refractivity contribution in [2.75, 3.05) is 19.8 Å². The molecular weight excluding hydrogens is 870 g/mol. The van der Waals surface area contributed by atoms with Crippen LogP contribution in [0.1, 0.15) is 91.0 Å². The molecule has 0 bridgehead atoms. The zero-order chi connectivity index (χ0) is 46.9. The first-order valence-corrected chi connectivity index (χ1v) is 18.8. The van der Waals surface area contributed by atoms with E-state index in [4.69, 9.17) is 18.9 Å². The Hall–Kier alpha value is -3.50. The molecule has 61 heavy (non-hydrogen) atoms. The van der Waals surface area contributed by atoms with Gasteiger partial charge in [-0.05, 0) is 69.2 Å². The topological polar surface area (TPSA) is 83.1 Å². The Labute approximate surface area is 340 Å².